The van der Waals surface area contributed by atoms with E-state index in [9.17, 15) is 0 Å². The van der Waals surface area contributed by atoms with E-state index in [1.807, 2.05) is 46.9 Å². The molecular weight excluding hydrogens is 663 g/mol. The van der Waals surface area contributed by atoms with E-state index in [-0.39, 0.29) is 0 Å². The zero-order valence-electron chi connectivity index (χ0n) is 27.5. The Labute approximate surface area is 302 Å². The topological polar surface area (TPSA) is 63.5 Å². The van der Waals surface area contributed by atoms with Crippen LogP contribution in [0.1, 0.15) is 22.9 Å². The lowest BCUT2D eigenvalue weighted by Crippen LogP contribution is -2.34. The molecule has 10 rings (SSSR count). The van der Waals surface area contributed by atoms with Crippen molar-refractivity contribution in [2.75, 3.05) is 0 Å². The van der Waals surface area contributed by atoms with Crippen LogP contribution < -0.4 is 11.1 Å². The molecule has 3 N–H and O–H groups in total. The van der Waals surface area contributed by atoms with E-state index in [0.717, 1.165) is 50.0 Å². The molecule has 10 aromatic rings. The quantitative estimate of drug-likeness (QED) is 0.103. The first kappa shape index (κ1) is 30.1. The van der Waals surface area contributed by atoms with E-state index in [4.69, 9.17) is 15.1 Å². The lowest BCUT2D eigenvalue weighted by molar-refractivity contribution is 0.665. The number of nitrogens with one attached hydrogen (secondary N) is 1. The second kappa shape index (κ2) is 12.2. The molecule has 0 fully saturated rings. The first-order valence-electron chi connectivity index (χ1n) is 17.1. The number of nitrogens with two attached hydrogens (primary N) is 1. The lowest BCUT2D eigenvalue weighted by Gasteiger charge is -2.18. The molecule has 6 heteroatoms. The van der Waals surface area contributed by atoms with Gasteiger partial charge in [-0.15, -0.1) is 22.7 Å². The normalized spacial score (nSPS) is 12.9. The van der Waals surface area contributed by atoms with Crippen LogP contribution in [0.2, 0.25) is 0 Å². The van der Waals surface area contributed by atoms with Gasteiger partial charge in [0.15, 0.2) is 0 Å². The molecule has 0 aliphatic carbocycles. The third-order valence-electron chi connectivity index (χ3n) is 9.78. The molecule has 1 atom stereocenters. The van der Waals surface area contributed by atoms with Crippen molar-refractivity contribution < 1.29 is 4.42 Å². The summed E-state index contributed by atoms with van der Waals surface area (Å²) in [5.74, 6) is 0.763. The highest BCUT2D eigenvalue weighted by Crippen LogP contribution is 2.43. The van der Waals surface area contributed by atoms with E-state index >= 15 is 0 Å². The fourth-order valence-electron chi connectivity index (χ4n) is 7.26. The van der Waals surface area contributed by atoms with Gasteiger partial charge in [0.1, 0.15) is 23.2 Å². The largest absolute Gasteiger partial charge is 0.455 e. The maximum Gasteiger partial charge on any atom is 0.143 e. The fourth-order valence-corrected chi connectivity index (χ4v) is 9.58. The number of benzene rings is 7. The van der Waals surface area contributed by atoms with Gasteiger partial charge < -0.3 is 15.5 Å². The molecule has 0 amide bonds. The van der Waals surface area contributed by atoms with Crippen LogP contribution in [-0.4, -0.2) is 5.84 Å². The summed E-state index contributed by atoms with van der Waals surface area (Å²) in [5.41, 5.74) is 14.1. The number of nitrogens with zero attached hydrogens (tertiary/aromatic N) is 1. The molecular formula is C45H31N3OS2. The summed E-state index contributed by atoms with van der Waals surface area (Å²) in [6.45, 7) is 0.541. The Morgan fingerprint density at radius 2 is 1.27 bits per heavy atom. The Morgan fingerprint density at radius 3 is 2.12 bits per heavy atom. The molecule has 244 valence electrons. The van der Waals surface area contributed by atoms with Gasteiger partial charge in [-0.1, -0.05) is 109 Å². The molecule has 0 radical (unpaired) electrons. The smallest absolute Gasteiger partial charge is 0.143 e. The number of thiophene rings is 2. The average molecular weight is 694 g/mol. The van der Waals surface area contributed by atoms with E-state index in [1.54, 1.807) is 0 Å². The minimum Gasteiger partial charge on any atom is -0.455 e. The Bertz CT molecular complexity index is 2950. The zero-order valence-corrected chi connectivity index (χ0v) is 29.1. The van der Waals surface area contributed by atoms with Gasteiger partial charge in [-0.25, -0.2) is 0 Å². The maximum atomic E-state index is 6.99. The molecule has 0 aliphatic rings. The van der Waals surface area contributed by atoms with E-state index in [1.165, 1.54) is 45.9 Å². The number of hydrogen-bond donors (Lipinski definition) is 2. The summed E-state index contributed by atoms with van der Waals surface area (Å²) in [6, 6.07) is 53.4. The van der Waals surface area contributed by atoms with Crippen LogP contribution in [0.4, 0.5) is 0 Å². The highest BCUT2D eigenvalue weighted by atomic mass is 32.1. The standard InChI is InChI=1S/C45H31N3OS2/c46-44(48-45(47-26-27-10-2-1-3-11-27)29-21-23-41-37(25-29)31-13-5-6-18-39(31)50-41)28-20-22-38-36(24-28)33-15-8-14-32(42(33)49-38)35-17-9-16-34-30-12-4-7-19-40(30)51-43(34)35/h1-25,44H,26,46H2,(H,47,48). The highest BCUT2D eigenvalue weighted by molar-refractivity contribution is 7.26. The predicted octanol–water partition coefficient (Wildman–Crippen LogP) is 12.2. The Hall–Kier alpha value is -5.79. The predicted molar refractivity (Wildman–Crippen MR) is 218 cm³/mol. The van der Waals surface area contributed by atoms with Gasteiger partial charge in [-0.2, -0.15) is 0 Å². The van der Waals surface area contributed by atoms with Crippen molar-refractivity contribution in [3.8, 4) is 11.1 Å². The molecule has 0 saturated carbocycles. The molecule has 3 heterocycles. The highest BCUT2D eigenvalue weighted by Gasteiger charge is 2.19. The van der Waals surface area contributed by atoms with E-state index in [2.05, 4.69) is 133 Å². The maximum absolute atomic E-state index is 6.99. The summed E-state index contributed by atoms with van der Waals surface area (Å²) >= 11 is 3.65. The van der Waals surface area contributed by atoms with Gasteiger partial charge in [-0.05, 0) is 53.6 Å². The minimum absolute atomic E-state index is 0.501. The SMILES string of the molecule is NC(N/C(=N\Cc1ccccc1)c1ccc2sc3ccccc3c2c1)c1ccc2oc3c(-c4cccc5c4sc4ccccc45)cccc3c2c1. The van der Waals surface area contributed by atoms with Crippen molar-refractivity contribution in [2.45, 2.75) is 12.7 Å². The van der Waals surface area contributed by atoms with E-state index in [0.29, 0.717) is 6.54 Å². The van der Waals surface area contributed by atoms with Crippen LogP contribution >= 0.6 is 22.7 Å². The van der Waals surface area contributed by atoms with Crippen LogP contribution in [-0.2, 0) is 6.54 Å². The number of furan rings is 1. The second-order valence-corrected chi connectivity index (χ2v) is 15.0. The van der Waals surface area contributed by atoms with Gasteiger partial charge in [0.2, 0.25) is 0 Å². The van der Waals surface area contributed by atoms with Crippen molar-refractivity contribution in [3.63, 3.8) is 0 Å². The number of para-hydroxylation sites is 1. The third-order valence-corrected chi connectivity index (χ3v) is 12.2. The molecule has 1 unspecified atom stereocenters. The van der Waals surface area contributed by atoms with Gasteiger partial charge in [-0.3, -0.25) is 4.99 Å². The zero-order chi connectivity index (χ0) is 33.9. The van der Waals surface area contributed by atoms with Crippen molar-refractivity contribution in [1.82, 2.24) is 5.32 Å². The average Bonchev–Trinajstić information content (AvgIpc) is 3.87. The molecule has 7 aromatic carbocycles. The van der Waals surface area contributed by atoms with Crippen LogP contribution in [0.5, 0.6) is 0 Å². The van der Waals surface area contributed by atoms with Crippen molar-refractivity contribution in [1.29, 1.82) is 0 Å². The second-order valence-electron chi connectivity index (χ2n) is 12.9. The third kappa shape index (κ3) is 5.19. The summed E-state index contributed by atoms with van der Waals surface area (Å²) in [4.78, 5) is 5.10. The molecule has 3 aromatic heterocycles. The number of rotatable bonds is 6. The number of amidine groups is 1. The van der Waals surface area contributed by atoms with Gasteiger partial charge in [0, 0.05) is 67.8 Å². The molecule has 4 nitrogen and oxygen atoms in total. The summed E-state index contributed by atoms with van der Waals surface area (Å²) in [7, 11) is 0. The van der Waals surface area contributed by atoms with Crippen LogP contribution in [0, 0.1) is 0 Å². The van der Waals surface area contributed by atoms with Crippen LogP contribution in [0.15, 0.2) is 161 Å². The number of hydrogen-bond acceptors (Lipinski definition) is 5. The van der Waals surface area contributed by atoms with Crippen LogP contribution in [0.3, 0.4) is 0 Å². The van der Waals surface area contributed by atoms with Crippen molar-refractivity contribution in [2.24, 2.45) is 10.7 Å². The minimum atomic E-state index is -0.501. The number of aliphatic imine (C=N–C) groups is 1. The molecule has 51 heavy (non-hydrogen) atoms. The van der Waals surface area contributed by atoms with Gasteiger partial charge in [0.25, 0.3) is 0 Å². The molecule has 0 spiro atoms. The van der Waals surface area contributed by atoms with Crippen molar-refractivity contribution >= 4 is 90.8 Å². The first-order valence-corrected chi connectivity index (χ1v) is 18.7. The summed E-state index contributed by atoms with van der Waals surface area (Å²) in [5, 5.41) is 10.8. The Balaban J connectivity index is 1.04. The molecule has 0 aliphatic heterocycles. The van der Waals surface area contributed by atoms with E-state index < -0.39 is 6.17 Å². The Morgan fingerprint density at radius 1 is 0.588 bits per heavy atom. The number of fused-ring (bicyclic) bond motifs is 9. The van der Waals surface area contributed by atoms with Crippen LogP contribution in [0.25, 0.3) is 73.4 Å². The van der Waals surface area contributed by atoms with Gasteiger partial charge in [0.05, 0.1) is 6.54 Å². The summed E-state index contributed by atoms with van der Waals surface area (Å²) in [6.07, 6.45) is -0.501. The first-order chi connectivity index (χ1) is 25.2. The lowest BCUT2D eigenvalue weighted by atomic mass is 10.00. The monoisotopic (exact) mass is 693 g/mol. The summed E-state index contributed by atoms with van der Waals surface area (Å²) < 4.78 is 11.7. The fraction of sp³-hybridized carbons (Fsp3) is 0.0444. The van der Waals surface area contributed by atoms with Crippen molar-refractivity contribution in [3.05, 3.63) is 168 Å². The molecule has 0 bridgehead atoms. The van der Waals surface area contributed by atoms with Gasteiger partial charge >= 0.3 is 0 Å². The molecule has 0 saturated heterocycles. The Kier molecular flexibility index (Phi) is 7.20.